The van der Waals surface area contributed by atoms with Crippen molar-refractivity contribution >= 4 is 23.4 Å². The molecule has 0 saturated heterocycles. The Hall–Kier alpha value is -3.89. The highest BCUT2D eigenvalue weighted by Crippen LogP contribution is 2.29. The highest BCUT2D eigenvalue weighted by molar-refractivity contribution is 6.43. The molecule has 30 heavy (non-hydrogen) atoms. The van der Waals surface area contributed by atoms with E-state index in [-0.39, 0.29) is 23.3 Å². The molecule has 0 aliphatic rings. The summed E-state index contributed by atoms with van der Waals surface area (Å²) in [7, 11) is 1.17. The van der Waals surface area contributed by atoms with E-state index in [9.17, 15) is 33.0 Å². The SMILES string of the molecule is CO/N=C(/C(=O)O)c1ccccc1CO/N=C(/C(=O)O)c1cccc(C(F)(F)F)c1. The number of hydrogen-bond donors (Lipinski definition) is 2. The lowest BCUT2D eigenvalue weighted by atomic mass is 10.0. The number of nitrogens with zero attached hydrogens (tertiary/aromatic N) is 2. The largest absolute Gasteiger partial charge is 0.476 e. The standard InChI is InChI=1S/C19H15F3N2O6/c1-29-23-16(18(27)28)14-8-3-2-5-12(14)10-30-24-15(17(25)26)11-6-4-7-13(9-11)19(20,21)22/h2-9H,10H2,1H3,(H,25,26)(H,27,28)/b23-16+,24-15+. The summed E-state index contributed by atoms with van der Waals surface area (Å²) >= 11 is 0. The normalized spacial score (nSPS) is 12.4. The Morgan fingerprint density at radius 3 is 2.23 bits per heavy atom. The summed E-state index contributed by atoms with van der Waals surface area (Å²) in [6, 6.07) is 9.66. The quantitative estimate of drug-likeness (QED) is 0.497. The van der Waals surface area contributed by atoms with Crippen molar-refractivity contribution in [3.8, 4) is 0 Å². The van der Waals surface area contributed by atoms with Gasteiger partial charge in [0.05, 0.1) is 5.56 Å². The Balaban J connectivity index is 2.32. The molecule has 158 valence electrons. The van der Waals surface area contributed by atoms with Gasteiger partial charge in [-0.05, 0) is 12.1 Å². The predicted molar refractivity (Wildman–Crippen MR) is 98.0 cm³/mol. The zero-order chi connectivity index (χ0) is 22.3. The second-order valence-electron chi connectivity index (χ2n) is 5.68. The van der Waals surface area contributed by atoms with Gasteiger partial charge in [-0.1, -0.05) is 46.7 Å². The Morgan fingerprint density at radius 1 is 0.967 bits per heavy atom. The maximum absolute atomic E-state index is 12.9. The van der Waals surface area contributed by atoms with Crippen molar-refractivity contribution in [2.75, 3.05) is 7.11 Å². The lowest BCUT2D eigenvalue weighted by Gasteiger charge is -2.10. The molecule has 0 radical (unpaired) electrons. The smallest absolute Gasteiger partial charge is 0.416 e. The van der Waals surface area contributed by atoms with Crippen LogP contribution in [0.4, 0.5) is 13.2 Å². The topological polar surface area (TPSA) is 118 Å². The number of carbonyl (C=O) groups is 2. The minimum absolute atomic E-state index is 0.137. The van der Waals surface area contributed by atoms with Crippen LogP contribution in [0.15, 0.2) is 58.8 Å². The minimum atomic E-state index is -4.66. The molecule has 0 saturated carbocycles. The van der Waals surface area contributed by atoms with Crippen molar-refractivity contribution in [3.63, 3.8) is 0 Å². The van der Waals surface area contributed by atoms with Crippen LogP contribution >= 0.6 is 0 Å². The maximum Gasteiger partial charge on any atom is 0.416 e. The van der Waals surface area contributed by atoms with Gasteiger partial charge < -0.3 is 19.9 Å². The van der Waals surface area contributed by atoms with Crippen LogP contribution in [0.1, 0.15) is 22.3 Å². The molecule has 0 spiro atoms. The average molecular weight is 424 g/mol. The van der Waals surface area contributed by atoms with Crippen molar-refractivity contribution in [1.29, 1.82) is 0 Å². The van der Waals surface area contributed by atoms with Gasteiger partial charge in [0, 0.05) is 16.7 Å². The summed E-state index contributed by atoms with van der Waals surface area (Å²) in [4.78, 5) is 32.3. The number of hydrogen-bond acceptors (Lipinski definition) is 6. The average Bonchev–Trinajstić information content (AvgIpc) is 2.69. The summed E-state index contributed by atoms with van der Waals surface area (Å²) in [5.41, 5.74) is -2.09. The fourth-order valence-electron chi connectivity index (χ4n) is 2.40. The molecule has 8 nitrogen and oxygen atoms in total. The van der Waals surface area contributed by atoms with Crippen LogP contribution in [-0.2, 0) is 32.0 Å². The van der Waals surface area contributed by atoms with E-state index in [0.29, 0.717) is 6.07 Å². The van der Waals surface area contributed by atoms with E-state index >= 15 is 0 Å². The third kappa shape index (κ3) is 5.56. The van der Waals surface area contributed by atoms with Crippen LogP contribution in [-0.4, -0.2) is 40.7 Å². The Morgan fingerprint density at radius 2 is 1.63 bits per heavy atom. The number of benzene rings is 2. The van der Waals surface area contributed by atoms with Gasteiger partial charge in [-0.25, -0.2) is 9.59 Å². The number of rotatable bonds is 8. The highest BCUT2D eigenvalue weighted by atomic mass is 19.4. The fourth-order valence-corrected chi connectivity index (χ4v) is 2.40. The molecule has 2 aromatic rings. The van der Waals surface area contributed by atoms with Gasteiger partial charge in [0.1, 0.15) is 13.7 Å². The number of alkyl halides is 3. The highest BCUT2D eigenvalue weighted by Gasteiger charge is 2.31. The zero-order valence-electron chi connectivity index (χ0n) is 15.4. The second-order valence-corrected chi connectivity index (χ2v) is 5.68. The van der Waals surface area contributed by atoms with E-state index in [0.717, 1.165) is 18.2 Å². The number of aliphatic carboxylic acids is 2. The van der Waals surface area contributed by atoms with Crippen LogP contribution in [0, 0.1) is 0 Å². The molecular formula is C19H15F3N2O6. The van der Waals surface area contributed by atoms with Gasteiger partial charge in [-0.2, -0.15) is 13.2 Å². The van der Waals surface area contributed by atoms with Crippen molar-refractivity contribution in [2.45, 2.75) is 12.8 Å². The summed E-state index contributed by atoms with van der Waals surface area (Å²) in [5, 5.41) is 25.4. The van der Waals surface area contributed by atoms with E-state index in [1.165, 1.54) is 19.2 Å². The van der Waals surface area contributed by atoms with Crippen LogP contribution < -0.4 is 0 Å². The van der Waals surface area contributed by atoms with Gasteiger partial charge in [0.25, 0.3) is 0 Å². The molecule has 0 aliphatic carbocycles. The van der Waals surface area contributed by atoms with Gasteiger partial charge in [0.15, 0.2) is 11.4 Å². The molecule has 2 aromatic carbocycles. The van der Waals surface area contributed by atoms with Gasteiger partial charge in [0.2, 0.25) is 0 Å². The Kier molecular flexibility index (Phi) is 7.13. The molecule has 0 unspecified atom stereocenters. The van der Waals surface area contributed by atoms with E-state index in [1.807, 2.05) is 0 Å². The van der Waals surface area contributed by atoms with E-state index < -0.39 is 35.1 Å². The number of carboxylic acid groups (broad SMARTS) is 2. The molecular weight excluding hydrogens is 409 g/mol. The molecule has 0 atom stereocenters. The Labute approximate surface area is 167 Å². The summed E-state index contributed by atoms with van der Waals surface area (Å²) in [5.74, 6) is -2.97. The number of oxime groups is 2. The minimum Gasteiger partial charge on any atom is -0.476 e. The first-order chi connectivity index (χ1) is 14.1. The van der Waals surface area contributed by atoms with Gasteiger partial charge >= 0.3 is 18.1 Å². The predicted octanol–water partition coefficient (Wildman–Crippen LogP) is 3.15. The van der Waals surface area contributed by atoms with Crippen LogP contribution in [0.2, 0.25) is 0 Å². The van der Waals surface area contributed by atoms with Crippen LogP contribution in [0.3, 0.4) is 0 Å². The van der Waals surface area contributed by atoms with E-state index in [4.69, 9.17) is 4.84 Å². The molecule has 0 aromatic heterocycles. The number of halogens is 3. The molecule has 0 fully saturated rings. The summed E-state index contributed by atoms with van der Waals surface area (Å²) in [6.07, 6.45) is -4.66. The first-order valence-corrected chi connectivity index (χ1v) is 8.18. The van der Waals surface area contributed by atoms with Gasteiger partial charge in [-0.15, -0.1) is 0 Å². The van der Waals surface area contributed by atoms with Crippen molar-refractivity contribution in [3.05, 3.63) is 70.8 Å². The fraction of sp³-hybridized carbons (Fsp3) is 0.158. The maximum atomic E-state index is 12.9. The Bertz CT molecular complexity index is 1000. The molecule has 0 aliphatic heterocycles. The summed E-state index contributed by atoms with van der Waals surface area (Å²) in [6.45, 7) is -0.373. The summed E-state index contributed by atoms with van der Waals surface area (Å²) < 4.78 is 38.6. The second kappa shape index (κ2) is 9.54. The lowest BCUT2D eigenvalue weighted by molar-refractivity contribution is -0.137. The molecule has 11 heteroatoms. The van der Waals surface area contributed by atoms with Crippen molar-refractivity contribution < 1.29 is 42.6 Å². The van der Waals surface area contributed by atoms with Gasteiger partial charge in [-0.3, -0.25) is 0 Å². The lowest BCUT2D eigenvalue weighted by Crippen LogP contribution is -2.18. The van der Waals surface area contributed by atoms with Crippen LogP contribution in [0.5, 0.6) is 0 Å². The molecule has 2 N–H and O–H groups in total. The monoisotopic (exact) mass is 424 g/mol. The third-order valence-corrected chi connectivity index (χ3v) is 3.70. The van der Waals surface area contributed by atoms with E-state index in [1.54, 1.807) is 12.1 Å². The van der Waals surface area contributed by atoms with Crippen LogP contribution in [0.25, 0.3) is 0 Å². The molecule has 2 rings (SSSR count). The zero-order valence-corrected chi connectivity index (χ0v) is 15.4. The number of carboxylic acids is 2. The molecule has 0 heterocycles. The van der Waals surface area contributed by atoms with Crippen molar-refractivity contribution in [2.24, 2.45) is 10.3 Å². The van der Waals surface area contributed by atoms with Crippen molar-refractivity contribution in [1.82, 2.24) is 0 Å². The van der Waals surface area contributed by atoms with E-state index in [2.05, 4.69) is 15.1 Å². The third-order valence-electron chi connectivity index (χ3n) is 3.70. The molecule has 0 amide bonds. The first kappa shape index (κ1) is 22.4. The first-order valence-electron chi connectivity index (χ1n) is 8.18. The molecule has 0 bridgehead atoms.